The molecule has 2 aromatic rings. The van der Waals surface area contributed by atoms with E-state index in [9.17, 15) is 14.3 Å². The highest BCUT2D eigenvalue weighted by Gasteiger charge is 2.27. The number of carbonyl (C=O) groups is 1. The van der Waals surface area contributed by atoms with Crippen molar-refractivity contribution in [2.75, 3.05) is 12.3 Å². The lowest BCUT2D eigenvalue weighted by atomic mass is 9.82. The largest absolute Gasteiger partial charge is 0.397 e. The maximum absolute atomic E-state index is 13.2. The van der Waals surface area contributed by atoms with Crippen LogP contribution in [-0.4, -0.2) is 23.7 Å². The number of carbonyl (C=O) groups excluding carboxylic acids is 1. The Bertz CT molecular complexity index is 664. The molecule has 0 saturated heterocycles. The van der Waals surface area contributed by atoms with Crippen LogP contribution in [0.3, 0.4) is 0 Å². The second-order valence-electron chi connectivity index (χ2n) is 5.19. The molecule has 1 heterocycles. The topological polar surface area (TPSA) is 75.4 Å². The second kappa shape index (κ2) is 5.03. The average Bonchev–Trinajstić information content (AvgIpc) is 2.70. The number of halogens is 1. The van der Waals surface area contributed by atoms with Crippen molar-refractivity contribution in [2.24, 2.45) is 5.92 Å². The van der Waals surface area contributed by atoms with Crippen LogP contribution in [0.25, 0.3) is 10.1 Å². The van der Waals surface area contributed by atoms with E-state index in [0.29, 0.717) is 28.4 Å². The normalized spacial score (nSPS) is 21.7. The molecule has 20 heavy (non-hydrogen) atoms. The molecular formula is C14H15FN2O2S. The Labute approximate surface area is 119 Å². The van der Waals surface area contributed by atoms with Crippen LogP contribution in [-0.2, 0) is 0 Å². The van der Waals surface area contributed by atoms with Gasteiger partial charge in [0.25, 0.3) is 5.91 Å². The van der Waals surface area contributed by atoms with E-state index in [1.54, 1.807) is 6.07 Å². The summed E-state index contributed by atoms with van der Waals surface area (Å²) in [7, 11) is 0. The molecular weight excluding hydrogens is 279 g/mol. The van der Waals surface area contributed by atoms with Gasteiger partial charge in [0.1, 0.15) is 10.7 Å². The lowest BCUT2D eigenvalue weighted by molar-refractivity contribution is 0.0420. The van der Waals surface area contributed by atoms with Crippen molar-refractivity contribution in [2.45, 2.75) is 18.9 Å². The van der Waals surface area contributed by atoms with Crippen LogP contribution >= 0.6 is 11.3 Å². The highest BCUT2D eigenvalue weighted by molar-refractivity contribution is 7.21. The van der Waals surface area contributed by atoms with E-state index in [1.807, 2.05) is 0 Å². The summed E-state index contributed by atoms with van der Waals surface area (Å²) >= 11 is 1.27. The lowest BCUT2D eigenvalue weighted by Crippen LogP contribution is -2.38. The Morgan fingerprint density at radius 2 is 2.25 bits per heavy atom. The third-order valence-corrected chi connectivity index (χ3v) is 4.84. The number of hydrogen-bond donors (Lipinski definition) is 3. The van der Waals surface area contributed by atoms with Crippen LogP contribution in [0, 0.1) is 11.7 Å². The molecule has 4 nitrogen and oxygen atoms in total. The van der Waals surface area contributed by atoms with E-state index in [2.05, 4.69) is 5.32 Å². The molecule has 106 valence electrons. The number of hydrogen-bond acceptors (Lipinski definition) is 4. The van der Waals surface area contributed by atoms with Gasteiger partial charge in [-0.2, -0.15) is 0 Å². The highest BCUT2D eigenvalue weighted by atomic mass is 32.1. The monoisotopic (exact) mass is 294 g/mol. The smallest absolute Gasteiger partial charge is 0.263 e. The molecule has 1 fully saturated rings. The first kappa shape index (κ1) is 13.3. The van der Waals surface area contributed by atoms with Gasteiger partial charge in [-0.3, -0.25) is 4.79 Å². The molecule has 0 spiro atoms. The number of fused-ring (bicyclic) bond motifs is 1. The van der Waals surface area contributed by atoms with Crippen LogP contribution < -0.4 is 11.1 Å². The van der Waals surface area contributed by atoms with Crippen molar-refractivity contribution in [1.82, 2.24) is 5.32 Å². The van der Waals surface area contributed by atoms with Crippen molar-refractivity contribution >= 4 is 33.0 Å². The minimum Gasteiger partial charge on any atom is -0.397 e. The van der Waals surface area contributed by atoms with Crippen LogP contribution in [0.1, 0.15) is 22.5 Å². The van der Waals surface area contributed by atoms with Crippen molar-refractivity contribution in [3.63, 3.8) is 0 Å². The molecule has 6 heteroatoms. The highest BCUT2D eigenvalue weighted by Crippen LogP contribution is 2.34. The minimum absolute atomic E-state index is 0.228. The number of aliphatic hydroxyl groups excluding tert-OH is 1. The SMILES string of the molecule is Nc1c(C(=O)NCC2CC(O)C2)sc2ccc(F)cc12. The number of thiophene rings is 1. The molecule has 3 rings (SSSR count). The fourth-order valence-electron chi connectivity index (χ4n) is 2.44. The number of nitrogens with two attached hydrogens (primary N) is 1. The Kier molecular flexibility index (Phi) is 3.35. The van der Waals surface area contributed by atoms with Gasteiger partial charge in [0.15, 0.2) is 0 Å². The van der Waals surface area contributed by atoms with Crippen LogP contribution in [0.5, 0.6) is 0 Å². The fourth-order valence-corrected chi connectivity index (χ4v) is 3.46. The summed E-state index contributed by atoms with van der Waals surface area (Å²) in [6.45, 7) is 0.540. The number of aliphatic hydroxyl groups is 1. The molecule has 0 radical (unpaired) electrons. The molecule has 4 N–H and O–H groups in total. The number of amides is 1. The van der Waals surface area contributed by atoms with E-state index in [4.69, 9.17) is 5.73 Å². The van der Waals surface area contributed by atoms with Crippen LogP contribution in [0.15, 0.2) is 18.2 Å². The Balaban J connectivity index is 1.75. The molecule has 1 aromatic carbocycles. The Hall–Kier alpha value is -1.66. The number of anilines is 1. The average molecular weight is 294 g/mol. The van der Waals surface area contributed by atoms with Gasteiger partial charge in [-0.15, -0.1) is 11.3 Å². The zero-order chi connectivity index (χ0) is 14.3. The summed E-state index contributed by atoms with van der Waals surface area (Å²) in [6.07, 6.45) is 1.23. The quantitative estimate of drug-likeness (QED) is 0.811. The first-order chi connectivity index (χ1) is 9.54. The predicted molar refractivity (Wildman–Crippen MR) is 77.3 cm³/mol. The van der Waals surface area contributed by atoms with Gasteiger partial charge < -0.3 is 16.2 Å². The molecule has 1 saturated carbocycles. The molecule has 1 aromatic heterocycles. The fraction of sp³-hybridized carbons (Fsp3) is 0.357. The van der Waals surface area contributed by atoms with E-state index in [1.165, 1.54) is 23.5 Å². The third-order valence-electron chi connectivity index (χ3n) is 3.66. The van der Waals surface area contributed by atoms with E-state index >= 15 is 0 Å². The van der Waals surface area contributed by atoms with Crippen molar-refractivity contribution < 1.29 is 14.3 Å². The minimum atomic E-state index is -0.364. The molecule has 0 unspecified atom stereocenters. The second-order valence-corrected chi connectivity index (χ2v) is 6.24. The zero-order valence-corrected chi connectivity index (χ0v) is 11.5. The number of nitrogen functional groups attached to an aromatic ring is 1. The number of rotatable bonds is 3. The van der Waals surface area contributed by atoms with Gasteiger partial charge in [0.2, 0.25) is 0 Å². The summed E-state index contributed by atoms with van der Waals surface area (Å²) in [5.41, 5.74) is 6.26. The molecule has 1 aliphatic carbocycles. The zero-order valence-electron chi connectivity index (χ0n) is 10.7. The van der Waals surface area contributed by atoms with Crippen molar-refractivity contribution in [1.29, 1.82) is 0 Å². The van der Waals surface area contributed by atoms with E-state index in [-0.39, 0.29) is 17.8 Å². The first-order valence-corrected chi connectivity index (χ1v) is 7.30. The summed E-state index contributed by atoms with van der Waals surface area (Å²) < 4.78 is 14.0. The lowest BCUT2D eigenvalue weighted by Gasteiger charge is -2.31. The summed E-state index contributed by atoms with van der Waals surface area (Å²) in [4.78, 5) is 12.5. The molecule has 1 amide bonds. The molecule has 0 atom stereocenters. The maximum atomic E-state index is 13.2. The van der Waals surface area contributed by atoms with Crippen molar-refractivity contribution in [3.05, 3.63) is 28.9 Å². The first-order valence-electron chi connectivity index (χ1n) is 6.48. The Morgan fingerprint density at radius 1 is 1.50 bits per heavy atom. The van der Waals surface area contributed by atoms with Gasteiger partial charge in [-0.05, 0) is 37.0 Å². The maximum Gasteiger partial charge on any atom is 0.263 e. The molecule has 1 aliphatic rings. The van der Waals surface area contributed by atoms with Gasteiger partial charge >= 0.3 is 0 Å². The summed E-state index contributed by atoms with van der Waals surface area (Å²) in [6, 6.07) is 4.33. The Morgan fingerprint density at radius 3 is 2.95 bits per heavy atom. The number of benzene rings is 1. The predicted octanol–water partition coefficient (Wildman–Crippen LogP) is 2.12. The van der Waals surface area contributed by atoms with Gasteiger partial charge in [0, 0.05) is 16.6 Å². The van der Waals surface area contributed by atoms with Gasteiger partial charge in [-0.1, -0.05) is 0 Å². The standard InChI is InChI=1S/C14H15FN2O2S/c15-8-1-2-11-10(5-8)12(16)13(20-11)14(19)17-6-7-3-9(18)4-7/h1-2,5,7,9,18H,3-4,6,16H2,(H,17,19). The summed E-state index contributed by atoms with van der Waals surface area (Å²) in [5, 5.41) is 12.6. The van der Waals surface area contributed by atoms with Crippen LogP contribution in [0.4, 0.5) is 10.1 Å². The van der Waals surface area contributed by atoms with Crippen molar-refractivity contribution in [3.8, 4) is 0 Å². The summed E-state index contributed by atoms with van der Waals surface area (Å²) in [5.74, 6) is -0.259. The molecule has 0 aliphatic heterocycles. The van der Waals surface area contributed by atoms with Gasteiger partial charge in [-0.25, -0.2) is 4.39 Å². The number of nitrogens with one attached hydrogen (secondary N) is 1. The van der Waals surface area contributed by atoms with E-state index in [0.717, 1.165) is 17.5 Å². The van der Waals surface area contributed by atoms with Crippen LogP contribution in [0.2, 0.25) is 0 Å². The third kappa shape index (κ3) is 2.36. The van der Waals surface area contributed by atoms with Gasteiger partial charge in [0.05, 0.1) is 11.8 Å². The van der Waals surface area contributed by atoms with E-state index < -0.39 is 0 Å². The molecule has 0 bridgehead atoms.